The number of rotatable bonds is 5. The number of hydrogen-bond donors (Lipinski definition) is 4. The predicted molar refractivity (Wildman–Crippen MR) is 73.6 cm³/mol. The lowest BCUT2D eigenvalue weighted by atomic mass is 10.2. The van der Waals surface area contributed by atoms with Gasteiger partial charge in [-0.2, -0.15) is 5.10 Å². The Morgan fingerprint density at radius 3 is 2.60 bits per heavy atom. The highest BCUT2D eigenvalue weighted by Crippen LogP contribution is 1.99. The van der Waals surface area contributed by atoms with E-state index < -0.39 is 5.91 Å². The summed E-state index contributed by atoms with van der Waals surface area (Å²) in [6.07, 6.45) is 0. The van der Waals surface area contributed by atoms with Crippen molar-refractivity contribution >= 4 is 17.6 Å². The Morgan fingerprint density at radius 1 is 1.20 bits per heavy atom. The quantitative estimate of drug-likeness (QED) is 0.616. The van der Waals surface area contributed by atoms with Crippen LogP contribution in [-0.4, -0.2) is 28.6 Å². The zero-order valence-corrected chi connectivity index (χ0v) is 10.7. The van der Waals surface area contributed by atoms with Gasteiger partial charge in [0.2, 0.25) is 5.91 Å². The van der Waals surface area contributed by atoms with Gasteiger partial charge in [-0.3, -0.25) is 14.7 Å². The molecule has 0 atom stereocenters. The minimum absolute atomic E-state index is 0.107. The first kappa shape index (κ1) is 13.6. The summed E-state index contributed by atoms with van der Waals surface area (Å²) in [5, 5.41) is 11.3. The van der Waals surface area contributed by atoms with Gasteiger partial charge >= 0.3 is 0 Å². The topological polar surface area (TPSA) is 113 Å². The number of amides is 2. The van der Waals surface area contributed by atoms with Gasteiger partial charge in [-0.15, -0.1) is 0 Å². The van der Waals surface area contributed by atoms with Crippen molar-refractivity contribution in [1.82, 2.24) is 20.8 Å². The smallest absolute Gasteiger partial charge is 0.269 e. The normalized spacial score (nSPS) is 10.0. The highest BCUT2D eigenvalue weighted by molar-refractivity contribution is 5.95. The van der Waals surface area contributed by atoms with Crippen LogP contribution in [0.3, 0.4) is 0 Å². The van der Waals surface area contributed by atoms with Crippen molar-refractivity contribution in [3.63, 3.8) is 0 Å². The van der Waals surface area contributed by atoms with Crippen molar-refractivity contribution in [1.29, 1.82) is 0 Å². The summed E-state index contributed by atoms with van der Waals surface area (Å²) < 4.78 is 0. The Hall–Kier alpha value is -2.83. The maximum Gasteiger partial charge on any atom is 0.269 e. The van der Waals surface area contributed by atoms with Crippen molar-refractivity contribution in [2.45, 2.75) is 6.54 Å². The maximum atomic E-state index is 11.6. The van der Waals surface area contributed by atoms with E-state index in [1.807, 2.05) is 30.3 Å². The molecule has 0 unspecified atom stereocenters. The fourth-order valence-electron chi connectivity index (χ4n) is 1.57. The van der Waals surface area contributed by atoms with Crippen molar-refractivity contribution in [2.75, 3.05) is 12.3 Å². The van der Waals surface area contributed by atoms with Gasteiger partial charge in [0.1, 0.15) is 11.5 Å². The van der Waals surface area contributed by atoms with Gasteiger partial charge in [-0.25, -0.2) is 0 Å². The Bertz CT molecular complexity index is 594. The molecule has 104 valence electrons. The van der Waals surface area contributed by atoms with E-state index in [1.165, 1.54) is 6.07 Å². The molecule has 0 spiro atoms. The molecular formula is C13H15N5O2. The van der Waals surface area contributed by atoms with Crippen LogP contribution in [0.1, 0.15) is 16.1 Å². The summed E-state index contributed by atoms with van der Waals surface area (Å²) in [6, 6.07) is 10.9. The minimum atomic E-state index is -0.427. The first-order chi connectivity index (χ1) is 9.65. The second-order valence-electron chi connectivity index (χ2n) is 4.15. The number of nitrogens with zero attached hydrogens (tertiary/aromatic N) is 1. The second kappa shape index (κ2) is 6.37. The van der Waals surface area contributed by atoms with Crippen molar-refractivity contribution in [2.24, 2.45) is 0 Å². The Kier molecular flexibility index (Phi) is 4.33. The van der Waals surface area contributed by atoms with E-state index in [9.17, 15) is 9.59 Å². The summed E-state index contributed by atoms with van der Waals surface area (Å²) in [4.78, 5) is 23.2. The number of carbonyl (C=O) groups is 2. The number of nitrogen functional groups attached to an aromatic ring is 1. The summed E-state index contributed by atoms with van der Waals surface area (Å²) >= 11 is 0. The third-order valence-corrected chi connectivity index (χ3v) is 2.58. The van der Waals surface area contributed by atoms with Crippen molar-refractivity contribution in [3.8, 4) is 0 Å². The molecule has 2 amide bonds. The molecule has 0 aliphatic rings. The number of anilines is 1. The second-order valence-corrected chi connectivity index (χ2v) is 4.15. The molecule has 1 heterocycles. The zero-order valence-electron chi connectivity index (χ0n) is 10.7. The van der Waals surface area contributed by atoms with Gasteiger partial charge in [0.25, 0.3) is 5.91 Å². The fraction of sp³-hybridized carbons (Fsp3) is 0.154. The average Bonchev–Trinajstić information content (AvgIpc) is 2.90. The Labute approximate surface area is 115 Å². The lowest BCUT2D eigenvalue weighted by Gasteiger charge is -2.06. The maximum absolute atomic E-state index is 11.6. The Morgan fingerprint density at radius 2 is 1.95 bits per heavy atom. The van der Waals surface area contributed by atoms with Gasteiger partial charge in [0.15, 0.2) is 0 Å². The number of nitrogens with one attached hydrogen (secondary N) is 3. The molecule has 5 N–H and O–H groups in total. The fourth-order valence-corrected chi connectivity index (χ4v) is 1.57. The number of aromatic amines is 1. The van der Waals surface area contributed by atoms with Crippen LogP contribution >= 0.6 is 0 Å². The van der Waals surface area contributed by atoms with Crippen LogP contribution in [0.25, 0.3) is 0 Å². The summed E-state index contributed by atoms with van der Waals surface area (Å²) in [6.45, 7) is 0.317. The van der Waals surface area contributed by atoms with Gasteiger partial charge < -0.3 is 16.4 Å². The molecule has 0 saturated heterocycles. The third kappa shape index (κ3) is 3.84. The average molecular weight is 273 g/mol. The van der Waals surface area contributed by atoms with E-state index in [2.05, 4.69) is 20.8 Å². The van der Waals surface area contributed by atoms with E-state index in [-0.39, 0.29) is 24.0 Å². The van der Waals surface area contributed by atoms with Crippen LogP contribution in [0.15, 0.2) is 36.4 Å². The van der Waals surface area contributed by atoms with E-state index in [1.54, 1.807) is 0 Å². The molecule has 20 heavy (non-hydrogen) atoms. The molecule has 1 aromatic carbocycles. The molecule has 0 saturated carbocycles. The van der Waals surface area contributed by atoms with Crippen LogP contribution in [0.5, 0.6) is 0 Å². The zero-order chi connectivity index (χ0) is 14.4. The van der Waals surface area contributed by atoms with Gasteiger partial charge in [0.05, 0.1) is 6.54 Å². The summed E-state index contributed by atoms with van der Waals surface area (Å²) in [7, 11) is 0. The largest absolute Gasteiger partial charge is 0.382 e. The van der Waals surface area contributed by atoms with E-state index in [0.29, 0.717) is 6.54 Å². The van der Waals surface area contributed by atoms with E-state index >= 15 is 0 Å². The molecule has 7 heteroatoms. The first-order valence-electron chi connectivity index (χ1n) is 6.05. The van der Waals surface area contributed by atoms with E-state index in [0.717, 1.165) is 5.56 Å². The van der Waals surface area contributed by atoms with Crippen LogP contribution in [0.4, 0.5) is 5.82 Å². The van der Waals surface area contributed by atoms with Crippen LogP contribution in [0.2, 0.25) is 0 Å². The number of nitrogens with two attached hydrogens (primary N) is 1. The van der Waals surface area contributed by atoms with Crippen LogP contribution in [-0.2, 0) is 11.3 Å². The predicted octanol–water partition coefficient (Wildman–Crippen LogP) is 0.0381. The molecule has 2 aromatic rings. The SMILES string of the molecule is Nc1cc(C(=O)NCC(=O)NCc2ccccc2)[nH]n1. The molecule has 0 fully saturated rings. The van der Waals surface area contributed by atoms with Gasteiger partial charge in [-0.05, 0) is 5.56 Å². The van der Waals surface area contributed by atoms with E-state index in [4.69, 9.17) is 5.73 Å². The third-order valence-electron chi connectivity index (χ3n) is 2.58. The lowest BCUT2D eigenvalue weighted by Crippen LogP contribution is -2.36. The number of carbonyl (C=O) groups excluding carboxylic acids is 2. The van der Waals surface area contributed by atoms with Crippen molar-refractivity contribution in [3.05, 3.63) is 47.7 Å². The number of aromatic nitrogens is 2. The lowest BCUT2D eigenvalue weighted by molar-refractivity contribution is -0.120. The summed E-state index contributed by atoms with van der Waals surface area (Å²) in [5.74, 6) is -0.470. The monoisotopic (exact) mass is 273 g/mol. The number of hydrogen-bond acceptors (Lipinski definition) is 4. The van der Waals surface area contributed by atoms with Gasteiger partial charge in [0, 0.05) is 12.6 Å². The highest BCUT2D eigenvalue weighted by atomic mass is 16.2. The molecule has 2 rings (SSSR count). The van der Waals surface area contributed by atoms with Crippen molar-refractivity contribution < 1.29 is 9.59 Å². The molecule has 0 aliphatic carbocycles. The number of H-pyrrole nitrogens is 1. The van der Waals surface area contributed by atoms with Crippen LogP contribution < -0.4 is 16.4 Å². The Balaban J connectivity index is 1.74. The molecule has 1 aromatic heterocycles. The molecule has 0 bridgehead atoms. The molecule has 7 nitrogen and oxygen atoms in total. The van der Waals surface area contributed by atoms with Gasteiger partial charge in [-0.1, -0.05) is 30.3 Å². The number of benzene rings is 1. The highest BCUT2D eigenvalue weighted by Gasteiger charge is 2.10. The minimum Gasteiger partial charge on any atom is -0.382 e. The first-order valence-corrected chi connectivity index (χ1v) is 6.05. The molecule has 0 aliphatic heterocycles. The standard InChI is InChI=1S/C13H15N5O2/c14-11-6-10(17-18-11)13(20)16-8-12(19)15-7-9-4-2-1-3-5-9/h1-6H,7-8H2,(H,15,19)(H,16,20)(H3,14,17,18). The molecule has 0 radical (unpaired) electrons. The van der Waals surface area contributed by atoms with Crippen LogP contribution in [0, 0.1) is 0 Å². The molecular weight excluding hydrogens is 258 g/mol. The summed E-state index contributed by atoms with van der Waals surface area (Å²) in [5.41, 5.74) is 6.60.